The zero-order chi connectivity index (χ0) is 15.4. The van der Waals surface area contributed by atoms with Gasteiger partial charge in [-0.3, -0.25) is 4.79 Å². The van der Waals surface area contributed by atoms with Crippen molar-refractivity contribution in [2.75, 3.05) is 5.32 Å². The molecule has 2 rings (SSSR count). The number of nitrogens with zero attached hydrogens (tertiary/aromatic N) is 1. The van der Waals surface area contributed by atoms with Gasteiger partial charge in [0.05, 0.1) is 4.47 Å². The number of amides is 1. The number of halogens is 2. The monoisotopic (exact) mass is 351 g/mol. The van der Waals surface area contributed by atoms with E-state index in [0.29, 0.717) is 16.8 Å². The van der Waals surface area contributed by atoms with E-state index in [1.165, 1.54) is 18.2 Å². The lowest BCUT2D eigenvalue weighted by Gasteiger charge is -2.07. The largest absolute Gasteiger partial charge is 0.409 e. The third-order valence-electron chi connectivity index (χ3n) is 2.73. The fourth-order valence-corrected chi connectivity index (χ4v) is 2.00. The SMILES string of the molecule is N/C(=N/O)c1ccc(NC(=O)c2ccc(F)c(Br)c2)cc1. The van der Waals surface area contributed by atoms with E-state index < -0.39 is 5.82 Å². The number of hydrogen-bond acceptors (Lipinski definition) is 3. The fraction of sp³-hybridized carbons (Fsp3) is 0. The third kappa shape index (κ3) is 3.57. The van der Waals surface area contributed by atoms with Gasteiger partial charge in [-0.25, -0.2) is 4.39 Å². The number of hydrogen-bond donors (Lipinski definition) is 3. The first-order valence-corrected chi connectivity index (χ1v) is 6.65. The highest BCUT2D eigenvalue weighted by molar-refractivity contribution is 9.10. The Hall–Kier alpha value is -2.41. The summed E-state index contributed by atoms with van der Waals surface area (Å²) in [5.41, 5.74) is 6.83. The summed E-state index contributed by atoms with van der Waals surface area (Å²) in [5, 5.41) is 14.1. The fourth-order valence-electron chi connectivity index (χ4n) is 1.62. The average Bonchev–Trinajstić information content (AvgIpc) is 2.50. The maximum absolute atomic E-state index is 13.1. The Balaban J connectivity index is 2.14. The molecular weight excluding hydrogens is 341 g/mol. The smallest absolute Gasteiger partial charge is 0.255 e. The highest BCUT2D eigenvalue weighted by atomic mass is 79.9. The summed E-state index contributed by atoms with van der Waals surface area (Å²) < 4.78 is 13.3. The zero-order valence-corrected chi connectivity index (χ0v) is 12.3. The number of carbonyl (C=O) groups is 1. The minimum Gasteiger partial charge on any atom is -0.409 e. The summed E-state index contributed by atoms with van der Waals surface area (Å²) in [5.74, 6) is -0.822. The van der Waals surface area contributed by atoms with Crippen molar-refractivity contribution in [2.45, 2.75) is 0 Å². The number of carbonyl (C=O) groups excluding carboxylic acids is 1. The molecule has 0 fully saturated rings. The Kier molecular flexibility index (Phi) is 4.54. The van der Waals surface area contributed by atoms with Crippen LogP contribution in [-0.4, -0.2) is 17.0 Å². The molecule has 0 bridgehead atoms. The van der Waals surface area contributed by atoms with E-state index in [9.17, 15) is 9.18 Å². The van der Waals surface area contributed by atoms with Crippen LogP contribution in [0.1, 0.15) is 15.9 Å². The van der Waals surface area contributed by atoms with Crippen molar-refractivity contribution >= 4 is 33.4 Å². The molecular formula is C14H11BrFN3O2. The molecule has 2 aromatic rings. The van der Waals surface area contributed by atoms with Crippen molar-refractivity contribution in [1.82, 2.24) is 0 Å². The normalized spacial score (nSPS) is 11.2. The van der Waals surface area contributed by atoms with Gasteiger partial charge in [-0.1, -0.05) is 5.16 Å². The summed E-state index contributed by atoms with van der Waals surface area (Å²) in [6.45, 7) is 0. The summed E-state index contributed by atoms with van der Waals surface area (Å²) in [6.07, 6.45) is 0. The van der Waals surface area contributed by atoms with Gasteiger partial charge in [0.15, 0.2) is 5.84 Å². The van der Waals surface area contributed by atoms with Gasteiger partial charge in [0, 0.05) is 16.8 Å². The van der Waals surface area contributed by atoms with Crippen molar-refractivity contribution < 1.29 is 14.4 Å². The molecule has 5 nitrogen and oxygen atoms in total. The minimum absolute atomic E-state index is 0.0182. The molecule has 2 aromatic carbocycles. The number of anilines is 1. The summed E-state index contributed by atoms with van der Waals surface area (Å²) in [4.78, 5) is 12.0. The van der Waals surface area contributed by atoms with Gasteiger partial charge in [0.1, 0.15) is 5.82 Å². The predicted molar refractivity (Wildman–Crippen MR) is 81.0 cm³/mol. The van der Waals surface area contributed by atoms with Gasteiger partial charge in [-0.2, -0.15) is 0 Å². The molecule has 1 amide bonds. The second kappa shape index (κ2) is 6.36. The molecule has 0 aliphatic heterocycles. The van der Waals surface area contributed by atoms with Crippen LogP contribution in [0.5, 0.6) is 0 Å². The lowest BCUT2D eigenvalue weighted by Crippen LogP contribution is -2.14. The van der Waals surface area contributed by atoms with Gasteiger partial charge in [-0.05, 0) is 58.4 Å². The molecule has 4 N–H and O–H groups in total. The van der Waals surface area contributed by atoms with Crippen LogP contribution >= 0.6 is 15.9 Å². The topological polar surface area (TPSA) is 87.7 Å². The van der Waals surface area contributed by atoms with Crippen molar-refractivity contribution in [2.24, 2.45) is 10.9 Å². The van der Waals surface area contributed by atoms with Crippen LogP contribution < -0.4 is 11.1 Å². The van der Waals surface area contributed by atoms with E-state index in [0.717, 1.165) is 0 Å². The first kappa shape index (κ1) is 15.0. The molecule has 0 aliphatic rings. The van der Waals surface area contributed by atoms with Gasteiger partial charge in [0.25, 0.3) is 5.91 Å². The number of nitrogens with two attached hydrogens (primary N) is 1. The number of nitrogens with one attached hydrogen (secondary N) is 1. The number of benzene rings is 2. The van der Waals surface area contributed by atoms with Crippen LogP contribution in [0.4, 0.5) is 10.1 Å². The van der Waals surface area contributed by atoms with Crippen LogP contribution in [0.2, 0.25) is 0 Å². The van der Waals surface area contributed by atoms with Gasteiger partial charge in [0.2, 0.25) is 0 Å². The Labute approximate surface area is 128 Å². The molecule has 0 atom stereocenters. The van der Waals surface area contributed by atoms with Crippen LogP contribution in [0.25, 0.3) is 0 Å². The molecule has 0 aromatic heterocycles. The van der Waals surface area contributed by atoms with Crippen molar-refractivity contribution in [1.29, 1.82) is 0 Å². The van der Waals surface area contributed by atoms with Gasteiger partial charge >= 0.3 is 0 Å². The Morgan fingerprint density at radius 2 is 1.81 bits per heavy atom. The van der Waals surface area contributed by atoms with E-state index in [-0.39, 0.29) is 16.2 Å². The maximum Gasteiger partial charge on any atom is 0.255 e. The van der Waals surface area contributed by atoms with Gasteiger partial charge < -0.3 is 16.3 Å². The maximum atomic E-state index is 13.1. The molecule has 0 radical (unpaired) electrons. The summed E-state index contributed by atoms with van der Waals surface area (Å²) >= 11 is 3.03. The molecule has 0 heterocycles. The zero-order valence-electron chi connectivity index (χ0n) is 10.7. The van der Waals surface area contributed by atoms with Crippen molar-refractivity contribution in [3.8, 4) is 0 Å². The Bertz CT molecular complexity index is 702. The van der Waals surface area contributed by atoms with Gasteiger partial charge in [-0.15, -0.1) is 0 Å². The molecule has 21 heavy (non-hydrogen) atoms. The average molecular weight is 352 g/mol. The molecule has 0 saturated heterocycles. The van der Waals surface area contributed by atoms with Crippen LogP contribution in [0.15, 0.2) is 52.1 Å². The number of rotatable bonds is 3. The quantitative estimate of drug-likeness (QED) is 0.344. The molecule has 0 aliphatic carbocycles. The van der Waals surface area contributed by atoms with Crippen molar-refractivity contribution in [3.05, 3.63) is 63.9 Å². The minimum atomic E-state index is -0.435. The second-order valence-corrected chi connectivity index (χ2v) is 5.00. The molecule has 0 unspecified atom stereocenters. The van der Waals surface area contributed by atoms with Crippen LogP contribution in [0, 0.1) is 5.82 Å². The first-order chi connectivity index (χ1) is 10.0. The second-order valence-electron chi connectivity index (χ2n) is 4.15. The molecule has 0 spiro atoms. The molecule has 0 saturated carbocycles. The van der Waals surface area contributed by atoms with Crippen LogP contribution in [-0.2, 0) is 0 Å². The third-order valence-corrected chi connectivity index (χ3v) is 3.34. The van der Waals surface area contributed by atoms with E-state index in [4.69, 9.17) is 10.9 Å². The number of oxime groups is 1. The van der Waals surface area contributed by atoms with E-state index in [2.05, 4.69) is 26.4 Å². The van der Waals surface area contributed by atoms with E-state index >= 15 is 0 Å². The summed E-state index contributed by atoms with van der Waals surface area (Å²) in [7, 11) is 0. The Morgan fingerprint density at radius 1 is 1.19 bits per heavy atom. The van der Waals surface area contributed by atoms with Crippen molar-refractivity contribution in [3.63, 3.8) is 0 Å². The van der Waals surface area contributed by atoms with Crippen LogP contribution in [0.3, 0.4) is 0 Å². The van der Waals surface area contributed by atoms with E-state index in [1.54, 1.807) is 24.3 Å². The molecule has 108 valence electrons. The Morgan fingerprint density at radius 3 is 2.38 bits per heavy atom. The lowest BCUT2D eigenvalue weighted by atomic mass is 10.1. The highest BCUT2D eigenvalue weighted by Gasteiger charge is 2.09. The molecule has 7 heteroatoms. The standard InChI is InChI=1S/C14H11BrFN3O2/c15-11-7-9(3-6-12(11)16)14(20)18-10-4-1-8(2-5-10)13(17)19-21/h1-7,21H,(H2,17,19)(H,18,20). The highest BCUT2D eigenvalue weighted by Crippen LogP contribution is 2.18. The van der Waals surface area contributed by atoms with E-state index in [1.807, 2.05) is 0 Å². The lowest BCUT2D eigenvalue weighted by molar-refractivity contribution is 0.102. The summed E-state index contributed by atoms with van der Waals surface area (Å²) in [6, 6.07) is 10.4. The number of amidine groups is 1. The predicted octanol–water partition coefficient (Wildman–Crippen LogP) is 2.94. The first-order valence-electron chi connectivity index (χ1n) is 5.85.